The van der Waals surface area contributed by atoms with Gasteiger partial charge in [-0.1, -0.05) is 18.2 Å². The molecule has 2 aromatic rings. The molecular weight excluding hydrogens is 524 g/mol. The van der Waals surface area contributed by atoms with E-state index in [4.69, 9.17) is 10.5 Å². The van der Waals surface area contributed by atoms with Crippen LogP contribution in [-0.2, 0) is 6.54 Å². The van der Waals surface area contributed by atoms with Crippen LogP contribution in [0.2, 0.25) is 0 Å². The maximum absolute atomic E-state index is 12.2. The van der Waals surface area contributed by atoms with Gasteiger partial charge in [0.2, 0.25) is 0 Å². The standard InChI is InChI=1S/C21H25F3N4O2.HI/c1-29-19-4-2-3-17(11-19)28-10-9-16(14-28)13-27-20(25)26-12-15-5-7-18(8-6-15)30-21(22,23)24;/h2-8,11,16H,9-10,12-14H2,1H3,(H3,25,26,27);1H. The van der Waals surface area contributed by atoms with Gasteiger partial charge in [-0.05, 0) is 42.2 Å². The fourth-order valence-electron chi connectivity index (χ4n) is 3.32. The predicted octanol–water partition coefficient (Wildman–Crippen LogP) is 4.14. The molecule has 1 heterocycles. The molecule has 1 saturated heterocycles. The Morgan fingerprint density at radius 3 is 2.61 bits per heavy atom. The van der Waals surface area contributed by atoms with Gasteiger partial charge in [-0.15, -0.1) is 37.1 Å². The third-order valence-corrected chi connectivity index (χ3v) is 4.87. The lowest BCUT2D eigenvalue weighted by Gasteiger charge is -2.19. The summed E-state index contributed by atoms with van der Waals surface area (Å²) in [5, 5.41) is 3.13. The van der Waals surface area contributed by atoms with Crippen LogP contribution in [-0.4, -0.2) is 39.1 Å². The van der Waals surface area contributed by atoms with Crippen molar-refractivity contribution < 1.29 is 22.6 Å². The summed E-state index contributed by atoms with van der Waals surface area (Å²) in [5.41, 5.74) is 7.80. The highest BCUT2D eigenvalue weighted by Crippen LogP contribution is 2.26. The van der Waals surface area contributed by atoms with E-state index >= 15 is 0 Å². The number of methoxy groups -OCH3 is 1. The largest absolute Gasteiger partial charge is 0.573 e. The lowest BCUT2D eigenvalue weighted by atomic mass is 10.1. The smallest absolute Gasteiger partial charge is 0.497 e. The first-order valence-corrected chi connectivity index (χ1v) is 9.60. The molecule has 1 atom stereocenters. The molecule has 6 nitrogen and oxygen atoms in total. The molecule has 0 aromatic heterocycles. The molecule has 1 unspecified atom stereocenters. The van der Waals surface area contributed by atoms with Gasteiger partial charge in [-0.2, -0.15) is 0 Å². The zero-order chi connectivity index (χ0) is 21.6. The second-order valence-electron chi connectivity index (χ2n) is 7.08. The number of alkyl halides is 3. The molecule has 0 saturated carbocycles. The number of ether oxygens (including phenoxy) is 2. The summed E-state index contributed by atoms with van der Waals surface area (Å²) in [6, 6.07) is 13.6. The van der Waals surface area contributed by atoms with Crippen molar-refractivity contribution in [2.75, 3.05) is 31.6 Å². The SMILES string of the molecule is COc1cccc(N2CCC(CNC(N)=NCc3ccc(OC(F)(F)F)cc3)C2)c1.I. The molecule has 3 rings (SSSR count). The van der Waals surface area contributed by atoms with E-state index in [1.54, 1.807) is 7.11 Å². The number of aliphatic imine (C=N–C) groups is 1. The summed E-state index contributed by atoms with van der Waals surface area (Å²) in [6.07, 6.45) is -3.66. The number of anilines is 1. The second kappa shape index (κ2) is 11.3. The highest BCUT2D eigenvalue weighted by Gasteiger charge is 2.30. The van der Waals surface area contributed by atoms with E-state index in [0.29, 0.717) is 18.4 Å². The first-order chi connectivity index (χ1) is 14.3. The number of guanidine groups is 1. The van der Waals surface area contributed by atoms with Crippen molar-refractivity contribution in [3.05, 3.63) is 54.1 Å². The minimum atomic E-state index is -4.70. The van der Waals surface area contributed by atoms with E-state index in [9.17, 15) is 13.2 Å². The highest BCUT2D eigenvalue weighted by atomic mass is 127. The fourth-order valence-corrected chi connectivity index (χ4v) is 3.32. The maximum atomic E-state index is 12.2. The Hall–Kier alpha value is -2.37. The van der Waals surface area contributed by atoms with Crippen LogP contribution in [0, 0.1) is 5.92 Å². The topological polar surface area (TPSA) is 72.1 Å². The Balaban J connectivity index is 0.00000341. The molecule has 1 aliphatic rings. The Bertz CT molecular complexity index is 862. The van der Waals surface area contributed by atoms with Gasteiger partial charge in [0.1, 0.15) is 11.5 Å². The van der Waals surface area contributed by atoms with Gasteiger partial charge in [-0.3, -0.25) is 0 Å². The molecule has 31 heavy (non-hydrogen) atoms. The van der Waals surface area contributed by atoms with Crippen molar-refractivity contribution in [3.8, 4) is 11.5 Å². The van der Waals surface area contributed by atoms with Gasteiger partial charge in [0.15, 0.2) is 5.96 Å². The average Bonchev–Trinajstić information content (AvgIpc) is 3.20. The minimum absolute atomic E-state index is 0. The van der Waals surface area contributed by atoms with E-state index in [-0.39, 0.29) is 36.3 Å². The van der Waals surface area contributed by atoms with Crippen LogP contribution in [0.3, 0.4) is 0 Å². The Morgan fingerprint density at radius 1 is 1.19 bits per heavy atom. The molecule has 0 spiro atoms. The molecule has 0 amide bonds. The number of nitrogens with zero attached hydrogens (tertiary/aromatic N) is 2. The average molecular weight is 550 g/mol. The van der Waals surface area contributed by atoms with Gasteiger partial charge < -0.3 is 25.4 Å². The molecule has 170 valence electrons. The van der Waals surface area contributed by atoms with Gasteiger partial charge in [0.05, 0.1) is 13.7 Å². The Kier molecular flexibility index (Phi) is 9.08. The van der Waals surface area contributed by atoms with Crippen molar-refractivity contribution >= 4 is 35.6 Å². The molecule has 1 fully saturated rings. The van der Waals surface area contributed by atoms with Crippen LogP contribution >= 0.6 is 24.0 Å². The van der Waals surface area contributed by atoms with Crippen molar-refractivity contribution in [1.29, 1.82) is 0 Å². The number of nitrogens with two attached hydrogens (primary N) is 1. The van der Waals surface area contributed by atoms with Crippen molar-refractivity contribution in [2.24, 2.45) is 16.6 Å². The summed E-state index contributed by atoms with van der Waals surface area (Å²) < 4.78 is 45.7. The maximum Gasteiger partial charge on any atom is 0.573 e. The van der Waals surface area contributed by atoms with Crippen LogP contribution in [0.25, 0.3) is 0 Å². The van der Waals surface area contributed by atoms with Gasteiger partial charge >= 0.3 is 6.36 Å². The monoisotopic (exact) mass is 550 g/mol. The van der Waals surface area contributed by atoms with E-state index < -0.39 is 6.36 Å². The quantitative estimate of drug-likeness (QED) is 0.308. The van der Waals surface area contributed by atoms with Crippen LogP contribution in [0.1, 0.15) is 12.0 Å². The molecule has 3 N–H and O–H groups in total. The van der Waals surface area contributed by atoms with Crippen LogP contribution in [0.15, 0.2) is 53.5 Å². The predicted molar refractivity (Wildman–Crippen MR) is 125 cm³/mol. The van der Waals surface area contributed by atoms with E-state index in [0.717, 1.165) is 36.5 Å². The summed E-state index contributed by atoms with van der Waals surface area (Å²) in [4.78, 5) is 6.56. The van der Waals surface area contributed by atoms with Crippen LogP contribution in [0.5, 0.6) is 11.5 Å². The van der Waals surface area contributed by atoms with Crippen molar-refractivity contribution in [3.63, 3.8) is 0 Å². The first kappa shape index (κ1) is 24.9. The number of hydrogen-bond donors (Lipinski definition) is 2. The number of rotatable bonds is 7. The first-order valence-electron chi connectivity index (χ1n) is 9.60. The summed E-state index contributed by atoms with van der Waals surface area (Å²) in [5.74, 6) is 1.32. The summed E-state index contributed by atoms with van der Waals surface area (Å²) in [7, 11) is 1.66. The third-order valence-electron chi connectivity index (χ3n) is 4.87. The fraction of sp³-hybridized carbons (Fsp3) is 0.381. The number of benzene rings is 2. The third kappa shape index (κ3) is 8.00. The highest BCUT2D eigenvalue weighted by molar-refractivity contribution is 14.0. The minimum Gasteiger partial charge on any atom is -0.497 e. The van der Waals surface area contributed by atoms with E-state index in [2.05, 4.69) is 26.0 Å². The normalized spacial score (nSPS) is 16.6. The van der Waals surface area contributed by atoms with Crippen LogP contribution in [0.4, 0.5) is 18.9 Å². The second-order valence-corrected chi connectivity index (χ2v) is 7.08. The molecule has 2 aromatic carbocycles. The Morgan fingerprint density at radius 2 is 1.94 bits per heavy atom. The van der Waals surface area contributed by atoms with Crippen molar-refractivity contribution in [2.45, 2.75) is 19.3 Å². The van der Waals surface area contributed by atoms with E-state index in [1.807, 2.05) is 18.2 Å². The molecule has 1 aliphatic heterocycles. The van der Waals surface area contributed by atoms with Crippen LogP contribution < -0.4 is 25.4 Å². The number of halogens is 4. The van der Waals surface area contributed by atoms with Gasteiger partial charge in [0, 0.05) is 31.4 Å². The Labute approximate surface area is 196 Å². The summed E-state index contributed by atoms with van der Waals surface area (Å²) in [6.45, 7) is 2.84. The zero-order valence-electron chi connectivity index (χ0n) is 17.1. The molecule has 10 heteroatoms. The molecule has 0 radical (unpaired) electrons. The summed E-state index contributed by atoms with van der Waals surface area (Å²) >= 11 is 0. The lowest BCUT2D eigenvalue weighted by molar-refractivity contribution is -0.274. The number of nitrogens with one attached hydrogen (secondary N) is 1. The lowest BCUT2D eigenvalue weighted by Crippen LogP contribution is -2.36. The van der Waals surface area contributed by atoms with E-state index in [1.165, 1.54) is 24.3 Å². The molecule has 0 bridgehead atoms. The van der Waals surface area contributed by atoms with Crippen molar-refractivity contribution in [1.82, 2.24) is 5.32 Å². The zero-order valence-corrected chi connectivity index (χ0v) is 19.4. The molecular formula is C21H26F3IN4O2. The van der Waals surface area contributed by atoms with Gasteiger partial charge in [-0.25, -0.2) is 4.99 Å². The molecule has 0 aliphatic carbocycles. The van der Waals surface area contributed by atoms with Gasteiger partial charge in [0.25, 0.3) is 0 Å². The number of hydrogen-bond acceptors (Lipinski definition) is 4.